The number of nitro groups is 1. The number of rotatable bonds is 3. The fourth-order valence-electron chi connectivity index (χ4n) is 0.941. The van der Waals surface area contributed by atoms with Crippen molar-refractivity contribution in [2.24, 2.45) is 10.7 Å². The third-order valence-corrected chi connectivity index (χ3v) is 2.02. The third-order valence-electron chi connectivity index (χ3n) is 1.53. The molecule has 0 spiro atoms. The minimum atomic E-state index is -0.750. The first-order chi connectivity index (χ1) is 7.08. The molecule has 15 heavy (non-hydrogen) atoms. The van der Waals surface area contributed by atoms with E-state index in [4.69, 9.17) is 5.73 Å². The molecule has 1 aromatic rings. The zero-order valence-corrected chi connectivity index (χ0v) is 9.27. The molecule has 7 heteroatoms. The van der Waals surface area contributed by atoms with Gasteiger partial charge in [0, 0.05) is 4.47 Å². The standard InChI is InChI=1S/C8H9BrN4O2/c9-7-3-1-2-6(4-7)5-11-8(10)12-13(14)15/h1-4H,5H2,(H3,10,11,12). The van der Waals surface area contributed by atoms with E-state index < -0.39 is 5.03 Å². The van der Waals surface area contributed by atoms with Crippen LogP contribution in [0.2, 0.25) is 0 Å². The van der Waals surface area contributed by atoms with Crippen LogP contribution in [-0.2, 0) is 6.54 Å². The maximum absolute atomic E-state index is 10.0. The highest BCUT2D eigenvalue weighted by Crippen LogP contribution is 2.11. The van der Waals surface area contributed by atoms with Gasteiger partial charge in [-0.2, -0.15) is 0 Å². The number of aliphatic imine (C=N–C) groups is 1. The number of benzene rings is 1. The minimum Gasteiger partial charge on any atom is -0.365 e. The average Bonchev–Trinajstić information content (AvgIpc) is 2.14. The van der Waals surface area contributed by atoms with E-state index in [0.717, 1.165) is 10.0 Å². The summed E-state index contributed by atoms with van der Waals surface area (Å²) in [5.74, 6) is -0.208. The highest BCUT2D eigenvalue weighted by atomic mass is 79.9. The van der Waals surface area contributed by atoms with Gasteiger partial charge in [-0.3, -0.25) is 0 Å². The van der Waals surface area contributed by atoms with Crippen LogP contribution in [0.1, 0.15) is 5.56 Å². The van der Waals surface area contributed by atoms with Gasteiger partial charge in [-0.05, 0) is 17.7 Å². The maximum atomic E-state index is 10.0. The second-order valence-corrected chi connectivity index (χ2v) is 3.62. The molecule has 0 amide bonds. The molecule has 3 N–H and O–H groups in total. The van der Waals surface area contributed by atoms with Crippen LogP contribution in [0.4, 0.5) is 0 Å². The van der Waals surface area contributed by atoms with Crippen LogP contribution >= 0.6 is 15.9 Å². The van der Waals surface area contributed by atoms with Crippen molar-refractivity contribution < 1.29 is 5.03 Å². The second kappa shape index (κ2) is 5.30. The molecule has 0 fully saturated rings. The number of guanidine groups is 1. The zero-order valence-electron chi connectivity index (χ0n) is 7.68. The molecule has 0 unspecified atom stereocenters. The van der Waals surface area contributed by atoms with E-state index in [1.807, 2.05) is 24.3 Å². The summed E-state index contributed by atoms with van der Waals surface area (Å²) in [5.41, 5.74) is 7.93. The van der Waals surface area contributed by atoms with Crippen molar-refractivity contribution in [2.45, 2.75) is 6.54 Å². The largest absolute Gasteiger partial charge is 0.365 e. The van der Waals surface area contributed by atoms with E-state index in [-0.39, 0.29) is 5.96 Å². The molecule has 1 aromatic carbocycles. The van der Waals surface area contributed by atoms with Crippen LogP contribution in [0.15, 0.2) is 33.7 Å². The summed E-state index contributed by atoms with van der Waals surface area (Å²) in [6.45, 7) is 0.298. The summed E-state index contributed by atoms with van der Waals surface area (Å²) in [7, 11) is 0. The first kappa shape index (κ1) is 11.4. The Balaban J connectivity index is 2.59. The van der Waals surface area contributed by atoms with Crippen LogP contribution in [-0.4, -0.2) is 11.0 Å². The Kier molecular flexibility index (Phi) is 4.04. The number of hydrogen-bond donors (Lipinski definition) is 2. The maximum Gasteiger partial charge on any atom is 0.251 e. The summed E-state index contributed by atoms with van der Waals surface area (Å²) in [6.07, 6.45) is 0. The monoisotopic (exact) mass is 272 g/mol. The van der Waals surface area contributed by atoms with Gasteiger partial charge in [-0.25, -0.2) is 15.1 Å². The van der Waals surface area contributed by atoms with E-state index in [2.05, 4.69) is 20.9 Å². The van der Waals surface area contributed by atoms with Crippen LogP contribution in [0, 0.1) is 10.1 Å². The van der Waals surface area contributed by atoms with Gasteiger partial charge < -0.3 is 5.73 Å². The minimum absolute atomic E-state index is 0.208. The molecule has 6 nitrogen and oxygen atoms in total. The lowest BCUT2D eigenvalue weighted by molar-refractivity contribution is -0.525. The molecule has 0 aliphatic carbocycles. The van der Waals surface area contributed by atoms with Crippen molar-refractivity contribution in [3.63, 3.8) is 0 Å². The predicted molar refractivity (Wildman–Crippen MR) is 59.6 cm³/mol. The first-order valence-corrected chi connectivity index (χ1v) is 4.82. The lowest BCUT2D eigenvalue weighted by Gasteiger charge is -1.98. The Labute approximate surface area is 94.4 Å². The second-order valence-electron chi connectivity index (χ2n) is 2.70. The fourth-order valence-corrected chi connectivity index (χ4v) is 1.39. The van der Waals surface area contributed by atoms with Crippen molar-refractivity contribution >= 4 is 21.9 Å². The molecule has 0 atom stereocenters. The predicted octanol–water partition coefficient (Wildman–Crippen LogP) is 1.05. The van der Waals surface area contributed by atoms with Gasteiger partial charge in [-0.1, -0.05) is 33.5 Å². The van der Waals surface area contributed by atoms with E-state index in [1.54, 1.807) is 5.43 Å². The Morgan fingerprint density at radius 2 is 2.40 bits per heavy atom. The number of nitrogens with zero attached hydrogens (tertiary/aromatic N) is 2. The summed E-state index contributed by atoms with van der Waals surface area (Å²) in [4.78, 5) is 13.8. The molecular formula is C8H9BrN4O2. The van der Waals surface area contributed by atoms with E-state index in [0.29, 0.717) is 6.54 Å². The fraction of sp³-hybridized carbons (Fsp3) is 0.125. The average molecular weight is 273 g/mol. The van der Waals surface area contributed by atoms with Crippen LogP contribution in [0.5, 0.6) is 0 Å². The summed E-state index contributed by atoms with van der Waals surface area (Å²) >= 11 is 3.31. The number of hydrazine groups is 1. The Hall–Kier alpha value is -1.63. The van der Waals surface area contributed by atoms with Gasteiger partial charge in [0.05, 0.1) is 6.54 Å². The molecule has 0 radical (unpaired) electrons. The molecule has 0 bridgehead atoms. The Morgan fingerprint density at radius 3 is 3.00 bits per heavy atom. The van der Waals surface area contributed by atoms with Crippen molar-refractivity contribution in [3.05, 3.63) is 44.4 Å². The Bertz CT molecular complexity index is 394. The molecular weight excluding hydrogens is 264 g/mol. The van der Waals surface area contributed by atoms with Gasteiger partial charge >= 0.3 is 0 Å². The normalized spacial score (nSPS) is 11.1. The quantitative estimate of drug-likeness (QED) is 0.372. The summed E-state index contributed by atoms with van der Waals surface area (Å²) in [6, 6.07) is 7.45. The van der Waals surface area contributed by atoms with Crippen molar-refractivity contribution in [1.82, 2.24) is 5.43 Å². The lowest BCUT2D eigenvalue weighted by Crippen LogP contribution is -2.36. The summed E-state index contributed by atoms with van der Waals surface area (Å²) < 4.78 is 0.927. The van der Waals surface area contributed by atoms with Crippen LogP contribution in [0.3, 0.4) is 0 Å². The molecule has 0 aliphatic heterocycles. The number of nitrogens with two attached hydrogens (primary N) is 1. The van der Waals surface area contributed by atoms with Gasteiger partial charge in [-0.15, -0.1) is 0 Å². The number of hydrogen-bond acceptors (Lipinski definition) is 3. The van der Waals surface area contributed by atoms with Crippen LogP contribution in [0.25, 0.3) is 0 Å². The summed E-state index contributed by atoms with van der Waals surface area (Å²) in [5, 5.41) is 9.25. The number of nitrogens with one attached hydrogen (secondary N) is 1. The Morgan fingerprint density at radius 1 is 1.67 bits per heavy atom. The smallest absolute Gasteiger partial charge is 0.251 e. The molecule has 0 saturated heterocycles. The van der Waals surface area contributed by atoms with Gasteiger partial charge in [0.2, 0.25) is 0 Å². The van der Waals surface area contributed by atoms with Gasteiger partial charge in [0.1, 0.15) is 0 Å². The topological polar surface area (TPSA) is 93.5 Å². The third kappa shape index (κ3) is 4.41. The van der Waals surface area contributed by atoms with Crippen molar-refractivity contribution in [2.75, 3.05) is 0 Å². The van der Waals surface area contributed by atoms with Gasteiger partial charge in [0.25, 0.3) is 5.96 Å². The van der Waals surface area contributed by atoms with Crippen LogP contribution < -0.4 is 11.2 Å². The highest BCUT2D eigenvalue weighted by Gasteiger charge is 1.98. The zero-order chi connectivity index (χ0) is 11.3. The van der Waals surface area contributed by atoms with Crippen molar-refractivity contribution in [3.8, 4) is 0 Å². The van der Waals surface area contributed by atoms with Crippen molar-refractivity contribution in [1.29, 1.82) is 0 Å². The van der Waals surface area contributed by atoms with E-state index in [9.17, 15) is 10.1 Å². The molecule has 1 rings (SSSR count). The van der Waals surface area contributed by atoms with Gasteiger partial charge in [0.15, 0.2) is 5.03 Å². The van der Waals surface area contributed by atoms with E-state index in [1.165, 1.54) is 0 Å². The molecule has 0 heterocycles. The highest BCUT2D eigenvalue weighted by molar-refractivity contribution is 9.10. The first-order valence-electron chi connectivity index (χ1n) is 4.03. The number of halogens is 1. The molecule has 0 aromatic heterocycles. The molecule has 80 valence electrons. The molecule has 0 saturated carbocycles. The lowest BCUT2D eigenvalue weighted by atomic mass is 10.2. The van der Waals surface area contributed by atoms with E-state index >= 15 is 0 Å². The SMILES string of the molecule is NC(=NCc1cccc(Br)c1)N[N+](=O)[O-]. The molecule has 0 aliphatic rings.